The number of hydrogen-bond donors (Lipinski definition) is 0. The Balaban J connectivity index is 1.18. The van der Waals surface area contributed by atoms with Crippen molar-refractivity contribution in [2.24, 2.45) is 0 Å². The second-order valence-electron chi connectivity index (χ2n) is 16.9. The summed E-state index contributed by atoms with van der Waals surface area (Å²) in [6.07, 6.45) is 9.58. The molecule has 2 aromatic heterocycles. The summed E-state index contributed by atoms with van der Waals surface area (Å²) in [5.41, 5.74) is 8.62. The van der Waals surface area contributed by atoms with Gasteiger partial charge in [-0.1, -0.05) is 200 Å². The van der Waals surface area contributed by atoms with Crippen molar-refractivity contribution < 1.29 is 0 Å². The average molecular weight is 873 g/mol. The predicted octanol–water partition coefficient (Wildman–Crippen LogP) is 15.9. The van der Waals surface area contributed by atoms with Crippen molar-refractivity contribution in [3.8, 4) is 45.3 Å². The highest BCUT2D eigenvalue weighted by Gasteiger charge is 2.27. The molecule has 0 spiro atoms. The van der Waals surface area contributed by atoms with Crippen molar-refractivity contribution in [1.29, 1.82) is 0 Å². The number of aromatic nitrogens is 4. The summed E-state index contributed by atoms with van der Waals surface area (Å²) in [5, 5.41) is 6.27. The molecule has 1 aliphatic rings. The lowest BCUT2D eigenvalue weighted by atomic mass is 9.88. The van der Waals surface area contributed by atoms with Crippen molar-refractivity contribution in [1.82, 2.24) is 19.9 Å². The highest BCUT2D eigenvalue weighted by molar-refractivity contribution is 6.27. The van der Waals surface area contributed by atoms with Crippen molar-refractivity contribution in [3.05, 3.63) is 249 Å². The maximum absolute atomic E-state index is 5.67. The van der Waals surface area contributed by atoms with Gasteiger partial charge in [0.05, 0.1) is 17.4 Å². The molecule has 11 aromatic rings. The third kappa shape index (κ3) is 7.54. The van der Waals surface area contributed by atoms with E-state index in [0.29, 0.717) is 11.6 Å². The van der Waals surface area contributed by atoms with Gasteiger partial charge in [0, 0.05) is 56.8 Å². The van der Waals surface area contributed by atoms with Gasteiger partial charge in [-0.2, -0.15) is 0 Å². The van der Waals surface area contributed by atoms with Crippen LogP contribution >= 0.6 is 0 Å². The van der Waals surface area contributed by atoms with Crippen LogP contribution in [-0.4, -0.2) is 26.0 Å². The van der Waals surface area contributed by atoms with E-state index >= 15 is 0 Å². The maximum Gasteiger partial charge on any atom is 0.163 e. The van der Waals surface area contributed by atoms with E-state index < -0.39 is 0 Å². The Hall–Kier alpha value is -9.00. The molecule has 1 aliphatic carbocycles. The van der Waals surface area contributed by atoms with E-state index in [1.54, 1.807) is 0 Å². The number of para-hydroxylation sites is 3. The Morgan fingerprint density at radius 2 is 0.868 bits per heavy atom. The highest BCUT2D eigenvalue weighted by Crippen LogP contribution is 2.47. The molecule has 1 atom stereocenters. The molecular formula is C62H44N6. The maximum atomic E-state index is 5.67. The minimum atomic E-state index is 0.0417. The highest BCUT2D eigenvalue weighted by atomic mass is 15.2. The van der Waals surface area contributed by atoms with E-state index in [1.165, 1.54) is 0 Å². The lowest BCUT2D eigenvalue weighted by Crippen LogP contribution is -2.30. The van der Waals surface area contributed by atoms with Gasteiger partial charge in [0.15, 0.2) is 11.6 Å². The molecule has 0 saturated heterocycles. The van der Waals surface area contributed by atoms with Gasteiger partial charge in [0.25, 0.3) is 0 Å². The fraction of sp³-hybridized carbons (Fsp3) is 0.0323. The Labute approximate surface area is 395 Å². The first kappa shape index (κ1) is 40.5. The molecule has 0 N–H and O–H groups in total. The van der Waals surface area contributed by atoms with E-state index in [4.69, 9.17) is 19.9 Å². The lowest BCUT2D eigenvalue weighted by Gasteiger charge is -2.32. The number of fused-ring (bicyclic) bond motifs is 4. The van der Waals surface area contributed by atoms with Crippen LogP contribution in [0.25, 0.3) is 77.6 Å². The van der Waals surface area contributed by atoms with Crippen molar-refractivity contribution in [3.63, 3.8) is 0 Å². The van der Waals surface area contributed by atoms with Crippen LogP contribution in [-0.2, 0) is 0 Å². The van der Waals surface area contributed by atoms with Gasteiger partial charge in [-0.05, 0) is 69.8 Å². The summed E-state index contributed by atoms with van der Waals surface area (Å²) in [4.78, 5) is 26.9. The van der Waals surface area contributed by atoms with Crippen molar-refractivity contribution in [2.75, 3.05) is 9.80 Å². The van der Waals surface area contributed by atoms with E-state index in [-0.39, 0.29) is 6.04 Å². The Kier molecular flexibility index (Phi) is 10.6. The van der Waals surface area contributed by atoms with Crippen LogP contribution in [0.15, 0.2) is 249 Å². The molecule has 0 amide bonds. The molecule has 2 heterocycles. The Morgan fingerprint density at radius 3 is 1.46 bits per heavy atom. The summed E-state index contributed by atoms with van der Waals surface area (Å²) in [6, 6.07) is 78.3. The normalized spacial score (nSPS) is 13.3. The van der Waals surface area contributed by atoms with Crippen LogP contribution in [0.2, 0.25) is 0 Å². The Bertz CT molecular complexity index is 3610. The third-order valence-electron chi connectivity index (χ3n) is 12.8. The van der Waals surface area contributed by atoms with E-state index in [1.807, 2.05) is 24.3 Å². The van der Waals surface area contributed by atoms with Crippen LogP contribution in [0.5, 0.6) is 0 Å². The third-order valence-corrected chi connectivity index (χ3v) is 12.8. The number of nitrogens with zero attached hydrogens (tertiary/aromatic N) is 6. The first-order valence-corrected chi connectivity index (χ1v) is 23.1. The predicted molar refractivity (Wildman–Crippen MR) is 282 cm³/mol. The molecule has 6 heteroatoms. The topological polar surface area (TPSA) is 58.0 Å². The van der Waals surface area contributed by atoms with Crippen molar-refractivity contribution in [2.45, 2.75) is 12.5 Å². The number of benzene rings is 9. The first-order chi connectivity index (χ1) is 33.7. The summed E-state index contributed by atoms with van der Waals surface area (Å²) >= 11 is 0. The molecule has 0 fully saturated rings. The SMILES string of the molecule is C1=CCC(N(c2ccccc2)c2cc(-c3ccccc3)nc(-c3c4ccccc4c(-c4nc(-c5ccccc5)cc(N(c5ccccc5)c5ccccc5)n4)c4ccc5ccccc5c34)n2)C=C1. The van der Waals surface area contributed by atoms with E-state index in [0.717, 1.165) is 101 Å². The van der Waals surface area contributed by atoms with Gasteiger partial charge >= 0.3 is 0 Å². The molecule has 1 unspecified atom stereocenters. The van der Waals surface area contributed by atoms with Gasteiger partial charge in [0.1, 0.15) is 11.6 Å². The lowest BCUT2D eigenvalue weighted by molar-refractivity contribution is 0.773. The molecule has 0 radical (unpaired) electrons. The van der Waals surface area contributed by atoms with Crippen LogP contribution in [0.1, 0.15) is 6.42 Å². The van der Waals surface area contributed by atoms with Crippen LogP contribution in [0.3, 0.4) is 0 Å². The molecular weight excluding hydrogens is 829 g/mol. The quantitative estimate of drug-likeness (QED) is 0.101. The second kappa shape index (κ2) is 17.8. The molecule has 322 valence electrons. The zero-order valence-corrected chi connectivity index (χ0v) is 37.1. The number of rotatable bonds is 10. The smallest absolute Gasteiger partial charge is 0.163 e. The second-order valence-corrected chi connectivity index (χ2v) is 16.9. The summed E-state index contributed by atoms with van der Waals surface area (Å²) in [7, 11) is 0. The molecule has 9 aromatic carbocycles. The fourth-order valence-electron chi connectivity index (χ4n) is 9.67. The van der Waals surface area contributed by atoms with Gasteiger partial charge in [-0.25, -0.2) is 19.9 Å². The Morgan fingerprint density at radius 1 is 0.382 bits per heavy atom. The first-order valence-electron chi connectivity index (χ1n) is 23.1. The summed E-state index contributed by atoms with van der Waals surface area (Å²) in [5.74, 6) is 2.83. The fourth-order valence-corrected chi connectivity index (χ4v) is 9.67. The largest absolute Gasteiger partial charge is 0.319 e. The van der Waals surface area contributed by atoms with E-state index in [9.17, 15) is 0 Å². The van der Waals surface area contributed by atoms with Gasteiger partial charge in [0.2, 0.25) is 0 Å². The zero-order valence-electron chi connectivity index (χ0n) is 37.1. The minimum Gasteiger partial charge on any atom is -0.319 e. The molecule has 12 rings (SSSR count). The number of anilines is 5. The molecule has 0 saturated carbocycles. The van der Waals surface area contributed by atoms with Crippen molar-refractivity contribution >= 4 is 61.0 Å². The van der Waals surface area contributed by atoms with Crippen LogP contribution in [0, 0.1) is 0 Å². The monoisotopic (exact) mass is 872 g/mol. The van der Waals surface area contributed by atoms with Gasteiger partial charge in [-0.3, -0.25) is 4.90 Å². The van der Waals surface area contributed by atoms with E-state index in [2.05, 4.69) is 234 Å². The zero-order chi connectivity index (χ0) is 45.2. The average Bonchev–Trinajstić information content (AvgIpc) is 3.42. The number of allylic oxidation sites excluding steroid dienone is 2. The molecule has 0 bridgehead atoms. The van der Waals surface area contributed by atoms with Crippen LogP contribution in [0.4, 0.5) is 28.7 Å². The van der Waals surface area contributed by atoms with Gasteiger partial charge in [-0.15, -0.1) is 0 Å². The molecule has 0 aliphatic heterocycles. The summed E-state index contributed by atoms with van der Waals surface area (Å²) in [6.45, 7) is 0. The van der Waals surface area contributed by atoms with Crippen LogP contribution < -0.4 is 9.80 Å². The summed E-state index contributed by atoms with van der Waals surface area (Å²) < 4.78 is 0. The minimum absolute atomic E-state index is 0.0417. The molecule has 6 nitrogen and oxygen atoms in total. The number of hydrogen-bond acceptors (Lipinski definition) is 6. The molecule has 68 heavy (non-hydrogen) atoms. The standard InChI is InChI=1S/C62H44N6/c1-7-24-44(25-8-1)54-41-56(67(46-28-11-3-12-29-46)47-30-13-4-14-31-47)65-61(63-54)59-51-37-21-22-38-52(51)60(58-50-36-20-19-23-43(50)39-40-53(58)59)62-64-55(45-26-9-2-10-27-45)42-57(66-62)68(48-32-15-5-16-33-48)49-34-17-6-18-35-49/h1-34,36-42,49H,35H2. The van der Waals surface area contributed by atoms with Gasteiger partial charge < -0.3 is 4.90 Å².